The quantitative estimate of drug-likeness (QED) is 0.834. The molecule has 1 aliphatic rings. The molecule has 1 fully saturated rings. The maximum absolute atomic E-state index is 5.95. The van der Waals surface area contributed by atoms with Gasteiger partial charge in [0.25, 0.3) is 0 Å². The zero-order valence-electron chi connectivity index (χ0n) is 10.7. The third-order valence-corrected chi connectivity index (χ3v) is 4.34. The van der Waals surface area contributed by atoms with Crippen LogP contribution in [-0.4, -0.2) is 23.7 Å². The highest BCUT2D eigenvalue weighted by molar-refractivity contribution is 14.1. The van der Waals surface area contributed by atoms with Crippen molar-refractivity contribution in [2.75, 3.05) is 19.5 Å². The Hall–Kier alpha value is -0.470. The van der Waals surface area contributed by atoms with E-state index >= 15 is 0 Å². The summed E-state index contributed by atoms with van der Waals surface area (Å²) in [4.78, 5) is 8.96. The van der Waals surface area contributed by atoms with Crippen molar-refractivity contribution in [2.45, 2.75) is 38.4 Å². The summed E-state index contributed by atoms with van der Waals surface area (Å²) in [6.45, 7) is 3.23. The highest BCUT2D eigenvalue weighted by Gasteiger charge is 2.34. The Labute approximate surface area is 121 Å². The van der Waals surface area contributed by atoms with Crippen molar-refractivity contribution >= 4 is 28.4 Å². The van der Waals surface area contributed by atoms with Gasteiger partial charge in [-0.3, -0.25) is 0 Å². The lowest BCUT2D eigenvalue weighted by Gasteiger charge is -2.32. The number of aromatic nitrogens is 2. The summed E-state index contributed by atoms with van der Waals surface area (Å²) in [5.41, 5.74) is 6.36. The number of nitrogen functional groups attached to an aromatic ring is 1. The fourth-order valence-electron chi connectivity index (χ4n) is 2.09. The van der Waals surface area contributed by atoms with E-state index in [2.05, 4.69) is 32.6 Å². The molecule has 1 saturated heterocycles. The molecule has 1 aliphatic heterocycles. The molecule has 1 aromatic heterocycles. The first-order valence-electron chi connectivity index (χ1n) is 6.02. The number of halogens is 1. The monoisotopic (exact) mass is 363 g/mol. The van der Waals surface area contributed by atoms with Crippen LogP contribution in [0.4, 0.5) is 5.82 Å². The summed E-state index contributed by atoms with van der Waals surface area (Å²) in [6, 6.07) is 0. The Kier molecular flexibility index (Phi) is 4.39. The fraction of sp³-hybridized carbons (Fsp3) is 0.667. The molecule has 2 rings (SSSR count). The lowest BCUT2D eigenvalue weighted by Crippen LogP contribution is -2.33. The van der Waals surface area contributed by atoms with Gasteiger partial charge in [-0.2, -0.15) is 0 Å². The Morgan fingerprint density at radius 1 is 1.44 bits per heavy atom. The van der Waals surface area contributed by atoms with E-state index in [9.17, 15) is 0 Å². The first kappa shape index (κ1) is 14.0. The second-order valence-corrected chi connectivity index (χ2v) is 5.74. The number of nitrogens with zero attached hydrogens (tertiary/aromatic N) is 2. The maximum Gasteiger partial charge on any atom is 0.162 e. The van der Waals surface area contributed by atoms with E-state index in [1.807, 2.05) is 6.92 Å². The van der Waals surface area contributed by atoms with E-state index in [1.165, 1.54) is 0 Å². The summed E-state index contributed by atoms with van der Waals surface area (Å²) < 4.78 is 11.9. The summed E-state index contributed by atoms with van der Waals surface area (Å²) >= 11 is 2.15. The molecule has 0 aromatic carbocycles. The highest BCUT2D eigenvalue weighted by atomic mass is 127. The van der Waals surface area contributed by atoms with E-state index < -0.39 is 5.60 Å². The zero-order valence-corrected chi connectivity index (χ0v) is 12.9. The van der Waals surface area contributed by atoms with E-state index in [-0.39, 0.29) is 0 Å². The molecule has 0 spiro atoms. The summed E-state index contributed by atoms with van der Waals surface area (Å²) in [7, 11) is 1.65. The van der Waals surface area contributed by atoms with Crippen molar-refractivity contribution < 1.29 is 9.47 Å². The number of rotatable bonds is 3. The normalized spacial score (nSPS) is 24.2. The van der Waals surface area contributed by atoms with E-state index in [4.69, 9.17) is 15.2 Å². The van der Waals surface area contributed by atoms with Crippen LogP contribution in [0.15, 0.2) is 0 Å². The molecule has 0 saturated carbocycles. The average Bonchev–Trinajstić information content (AvgIpc) is 2.36. The SMILES string of the molecule is COCc1nc(C2(C)CCCCO2)nc(N)c1I. The van der Waals surface area contributed by atoms with Crippen LogP contribution in [0.2, 0.25) is 0 Å². The number of ether oxygens (including phenoxy) is 2. The van der Waals surface area contributed by atoms with Crippen LogP contribution in [-0.2, 0) is 21.7 Å². The number of anilines is 1. The molecule has 6 heteroatoms. The van der Waals surface area contributed by atoms with E-state index in [1.54, 1.807) is 7.11 Å². The first-order chi connectivity index (χ1) is 8.57. The van der Waals surface area contributed by atoms with Gasteiger partial charge in [0.05, 0.1) is 15.9 Å². The first-order valence-corrected chi connectivity index (χ1v) is 7.10. The molecular formula is C12H18IN3O2. The van der Waals surface area contributed by atoms with Gasteiger partial charge in [-0.25, -0.2) is 9.97 Å². The number of hydrogen-bond donors (Lipinski definition) is 1. The largest absolute Gasteiger partial charge is 0.383 e. The molecule has 2 heterocycles. The molecule has 1 atom stereocenters. The molecule has 18 heavy (non-hydrogen) atoms. The molecule has 0 radical (unpaired) electrons. The molecule has 1 aromatic rings. The number of nitrogens with two attached hydrogens (primary N) is 1. The Morgan fingerprint density at radius 2 is 2.22 bits per heavy atom. The van der Waals surface area contributed by atoms with Gasteiger partial charge in [0.2, 0.25) is 0 Å². The van der Waals surface area contributed by atoms with Crippen molar-refractivity contribution in [1.82, 2.24) is 9.97 Å². The van der Waals surface area contributed by atoms with Gasteiger partial charge in [-0.15, -0.1) is 0 Å². The van der Waals surface area contributed by atoms with Crippen LogP contribution in [0, 0.1) is 3.57 Å². The second-order valence-electron chi connectivity index (χ2n) is 4.66. The molecule has 2 N–H and O–H groups in total. The van der Waals surface area contributed by atoms with Crippen LogP contribution in [0.3, 0.4) is 0 Å². The Balaban J connectivity index is 2.38. The Morgan fingerprint density at radius 3 is 2.83 bits per heavy atom. The van der Waals surface area contributed by atoms with Crippen molar-refractivity contribution in [3.63, 3.8) is 0 Å². The predicted octanol–water partition coefficient (Wildman–Crippen LogP) is 2.23. The second kappa shape index (κ2) is 5.66. The summed E-state index contributed by atoms with van der Waals surface area (Å²) in [6.07, 6.45) is 3.16. The lowest BCUT2D eigenvalue weighted by atomic mass is 9.95. The third-order valence-electron chi connectivity index (χ3n) is 3.17. The van der Waals surface area contributed by atoms with E-state index in [0.29, 0.717) is 18.2 Å². The Bertz CT molecular complexity index is 434. The lowest BCUT2D eigenvalue weighted by molar-refractivity contribution is -0.0762. The van der Waals surface area contributed by atoms with Crippen LogP contribution >= 0.6 is 22.6 Å². The van der Waals surface area contributed by atoms with Crippen LogP contribution in [0.5, 0.6) is 0 Å². The summed E-state index contributed by atoms with van der Waals surface area (Å²) in [5, 5.41) is 0. The smallest absolute Gasteiger partial charge is 0.162 e. The molecule has 0 bridgehead atoms. The van der Waals surface area contributed by atoms with Crippen LogP contribution < -0.4 is 5.73 Å². The predicted molar refractivity (Wildman–Crippen MR) is 77.0 cm³/mol. The van der Waals surface area contributed by atoms with Gasteiger partial charge in [0.15, 0.2) is 5.82 Å². The van der Waals surface area contributed by atoms with Gasteiger partial charge in [0, 0.05) is 13.7 Å². The third kappa shape index (κ3) is 2.75. The van der Waals surface area contributed by atoms with Gasteiger partial charge >= 0.3 is 0 Å². The molecule has 5 nitrogen and oxygen atoms in total. The molecular weight excluding hydrogens is 345 g/mol. The van der Waals surface area contributed by atoms with Gasteiger partial charge in [0.1, 0.15) is 11.4 Å². The molecule has 0 aliphatic carbocycles. The van der Waals surface area contributed by atoms with Crippen molar-refractivity contribution in [3.8, 4) is 0 Å². The number of hydrogen-bond acceptors (Lipinski definition) is 5. The minimum Gasteiger partial charge on any atom is -0.383 e. The number of methoxy groups -OCH3 is 1. The highest BCUT2D eigenvalue weighted by Crippen LogP contribution is 2.33. The minimum atomic E-state index is -0.417. The standard InChI is InChI=1S/C12H18IN3O2/c1-12(5-3-4-6-18-12)11-15-8(7-17-2)9(13)10(14)16-11/h3-7H2,1-2H3,(H2,14,15,16). The van der Waals surface area contributed by atoms with Crippen LogP contribution in [0.1, 0.15) is 37.7 Å². The van der Waals surface area contributed by atoms with Crippen molar-refractivity contribution in [2.24, 2.45) is 0 Å². The summed E-state index contributed by atoms with van der Waals surface area (Å²) in [5.74, 6) is 1.18. The van der Waals surface area contributed by atoms with Crippen LogP contribution in [0.25, 0.3) is 0 Å². The van der Waals surface area contributed by atoms with E-state index in [0.717, 1.165) is 35.1 Å². The minimum absolute atomic E-state index is 0.417. The van der Waals surface area contributed by atoms with Gasteiger partial charge in [-0.05, 0) is 48.8 Å². The van der Waals surface area contributed by atoms with Crippen molar-refractivity contribution in [1.29, 1.82) is 0 Å². The van der Waals surface area contributed by atoms with Crippen molar-refractivity contribution in [3.05, 3.63) is 15.1 Å². The maximum atomic E-state index is 5.95. The fourth-order valence-corrected chi connectivity index (χ4v) is 2.49. The molecule has 1 unspecified atom stereocenters. The topological polar surface area (TPSA) is 70.3 Å². The molecule has 0 amide bonds. The van der Waals surface area contributed by atoms with Gasteiger partial charge in [-0.1, -0.05) is 0 Å². The molecule has 100 valence electrons. The average molecular weight is 363 g/mol. The zero-order chi connectivity index (χ0) is 13.2. The van der Waals surface area contributed by atoms with Gasteiger partial charge < -0.3 is 15.2 Å².